The molecule has 0 unspecified atom stereocenters. The van der Waals surface area contributed by atoms with Gasteiger partial charge in [0.1, 0.15) is 0 Å². The maximum Gasteiger partial charge on any atom is 0.243 e. The molecule has 35 heavy (non-hydrogen) atoms. The van der Waals surface area contributed by atoms with Crippen LogP contribution in [-0.4, -0.2) is 69.6 Å². The molecule has 0 atom stereocenters. The van der Waals surface area contributed by atoms with Gasteiger partial charge in [-0.2, -0.15) is 4.31 Å². The summed E-state index contributed by atoms with van der Waals surface area (Å²) in [6.45, 7) is 10.7. The number of morpholine rings is 1. The number of anilines is 1. The van der Waals surface area contributed by atoms with E-state index in [0.29, 0.717) is 29.2 Å². The van der Waals surface area contributed by atoms with Gasteiger partial charge in [0.25, 0.3) is 0 Å². The van der Waals surface area contributed by atoms with E-state index < -0.39 is 10.0 Å². The van der Waals surface area contributed by atoms with Crippen molar-refractivity contribution in [3.8, 4) is 0 Å². The van der Waals surface area contributed by atoms with Crippen LogP contribution in [0, 0.1) is 0 Å². The highest BCUT2D eigenvalue weighted by Gasteiger charge is 2.38. The van der Waals surface area contributed by atoms with Crippen molar-refractivity contribution in [2.45, 2.75) is 49.6 Å². The molecule has 2 fully saturated rings. The number of ether oxygens (including phenoxy) is 1. The first kappa shape index (κ1) is 25.3. The third-order valence-corrected chi connectivity index (χ3v) is 9.81. The van der Waals surface area contributed by atoms with Gasteiger partial charge in [-0.3, -0.25) is 4.90 Å². The summed E-state index contributed by atoms with van der Waals surface area (Å²) in [6.07, 6.45) is 2.28. The Hall–Kier alpha value is -1.35. The second-order valence-corrected chi connectivity index (χ2v) is 13.3. The Balaban J connectivity index is 1.36. The van der Waals surface area contributed by atoms with E-state index in [-0.39, 0.29) is 10.3 Å². The second kappa shape index (κ2) is 9.84. The molecule has 9 heteroatoms. The molecule has 190 valence electrons. The number of benzene rings is 2. The molecular formula is C26H33Cl2N3O3S. The average molecular weight is 539 g/mol. The molecule has 6 nitrogen and oxygen atoms in total. The third-order valence-electron chi connectivity index (χ3n) is 7.60. The van der Waals surface area contributed by atoms with E-state index >= 15 is 0 Å². The summed E-state index contributed by atoms with van der Waals surface area (Å²) in [4.78, 5) is 5.14. The van der Waals surface area contributed by atoms with Gasteiger partial charge in [-0.15, -0.1) is 0 Å². The zero-order chi connectivity index (χ0) is 24.8. The molecule has 0 aliphatic carbocycles. The number of hydrogen-bond acceptors (Lipinski definition) is 5. The van der Waals surface area contributed by atoms with E-state index in [1.165, 1.54) is 23.4 Å². The van der Waals surface area contributed by atoms with Gasteiger partial charge < -0.3 is 9.64 Å². The molecule has 0 aromatic heterocycles. The van der Waals surface area contributed by atoms with Crippen molar-refractivity contribution in [2.24, 2.45) is 0 Å². The van der Waals surface area contributed by atoms with Crippen molar-refractivity contribution >= 4 is 38.9 Å². The summed E-state index contributed by atoms with van der Waals surface area (Å²) in [7, 11) is -3.74. The van der Waals surface area contributed by atoms with Gasteiger partial charge in [-0.05, 0) is 54.3 Å². The molecule has 2 aromatic rings. The predicted molar refractivity (Wildman–Crippen MR) is 141 cm³/mol. The van der Waals surface area contributed by atoms with Crippen LogP contribution in [0.4, 0.5) is 5.69 Å². The zero-order valence-electron chi connectivity index (χ0n) is 20.3. The van der Waals surface area contributed by atoms with Crippen LogP contribution in [0.1, 0.15) is 37.8 Å². The highest BCUT2D eigenvalue weighted by Crippen LogP contribution is 2.38. The number of hydrogen-bond donors (Lipinski definition) is 0. The van der Waals surface area contributed by atoms with Gasteiger partial charge in [0.15, 0.2) is 0 Å². The minimum absolute atomic E-state index is 0.135. The lowest BCUT2D eigenvalue weighted by molar-refractivity contribution is 0.0115. The van der Waals surface area contributed by atoms with Crippen LogP contribution in [0.2, 0.25) is 10.0 Å². The Morgan fingerprint density at radius 2 is 1.60 bits per heavy atom. The van der Waals surface area contributed by atoms with Crippen LogP contribution in [0.3, 0.4) is 0 Å². The summed E-state index contributed by atoms with van der Waals surface area (Å²) >= 11 is 12.2. The van der Waals surface area contributed by atoms with Crippen LogP contribution in [-0.2, 0) is 26.7 Å². The molecule has 0 spiro atoms. The Morgan fingerprint density at radius 3 is 2.26 bits per heavy atom. The fraction of sp³-hybridized carbons (Fsp3) is 0.538. The number of rotatable bonds is 4. The quantitative estimate of drug-likeness (QED) is 0.561. The highest BCUT2D eigenvalue weighted by atomic mass is 35.5. The van der Waals surface area contributed by atoms with Gasteiger partial charge in [0.2, 0.25) is 10.0 Å². The lowest BCUT2D eigenvalue weighted by Gasteiger charge is -2.42. The Morgan fingerprint density at radius 1 is 0.943 bits per heavy atom. The second-order valence-electron chi connectivity index (χ2n) is 10.5. The van der Waals surface area contributed by atoms with Gasteiger partial charge in [0, 0.05) is 66.5 Å². The Kier molecular flexibility index (Phi) is 7.12. The molecule has 2 aromatic carbocycles. The SMILES string of the molecule is CC1(C)CN(S(=O)(=O)c2cc(Cl)cc(Cl)c2)Cc2cc(N3CCC(N4CCOCC4)CC3)ccc21. The summed E-state index contributed by atoms with van der Waals surface area (Å²) in [5, 5.41) is 0.631. The topological polar surface area (TPSA) is 53.1 Å². The summed E-state index contributed by atoms with van der Waals surface area (Å²) in [5.74, 6) is 0. The lowest BCUT2D eigenvalue weighted by Crippen LogP contribution is -2.49. The minimum Gasteiger partial charge on any atom is -0.379 e. The highest BCUT2D eigenvalue weighted by molar-refractivity contribution is 7.89. The molecule has 0 amide bonds. The van der Waals surface area contributed by atoms with Crippen molar-refractivity contribution < 1.29 is 13.2 Å². The van der Waals surface area contributed by atoms with Crippen LogP contribution in [0.15, 0.2) is 41.3 Å². The zero-order valence-corrected chi connectivity index (χ0v) is 22.7. The maximum atomic E-state index is 13.5. The van der Waals surface area contributed by atoms with Gasteiger partial charge >= 0.3 is 0 Å². The normalized spacial score (nSPS) is 22.2. The fourth-order valence-electron chi connectivity index (χ4n) is 5.77. The lowest BCUT2D eigenvalue weighted by atomic mass is 9.79. The monoisotopic (exact) mass is 537 g/mol. The summed E-state index contributed by atoms with van der Waals surface area (Å²) in [6, 6.07) is 11.7. The largest absolute Gasteiger partial charge is 0.379 e. The summed E-state index contributed by atoms with van der Waals surface area (Å²) in [5.41, 5.74) is 3.13. The van der Waals surface area contributed by atoms with Gasteiger partial charge in [0.05, 0.1) is 18.1 Å². The first-order valence-corrected chi connectivity index (χ1v) is 14.5. The number of fused-ring (bicyclic) bond motifs is 1. The third kappa shape index (κ3) is 5.22. The first-order valence-electron chi connectivity index (χ1n) is 12.3. The van der Waals surface area contributed by atoms with E-state index in [1.807, 2.05) is 0 Å². The van der Waals surface area contributed by atoms with Crippen molar-refractivity contribution in [1.82, 2.24) is 9.21 Å². The Labute approximate surface area is 218 Å². The van der Waals surface area contributed by atoms with Crippen LogP contribution in [0.5, 0.6) is 0 Å². The minimum atomic E-state index is -3.74. The van der Waals surface area contributed by atoms with Crippen LogP contribution in [0.25, 0.3) is 0 Å². The van der Waals surface area contributed by atoms with Crippen LogP contribution < -0.4 is 4.90 Å². The molecule has 3 heterocycles. The molecule has 3 aliphatic rings. The van der Waals surface area contributed by atoms with Crippen molar-refractivity contribution in [3.05, 3.63) is 57.6 Å². The molecule has 0 bridgehead atoms. The van der Waals surface area contributed by atoms with Gasteiger partial charge in [-0.1, -0.05) is 43.1 Å². The number of halogens is 2. The first-order chi connectivity index (χ1) is 16.6. The molecule has 0 N–H and O–H groups in total. The maximum absolute atomic E-state index is 13.5. The molecular weight excluding hydrogens is 505 g/mol. The van der Waals surface area contributed by atoms with E-state index in [0.717, 1.165) is 57.8 Å². The number of nitrogens with zero attached hydrogens (tertiary/aromatic N) is 3. The number of sulfonamides is 1. The average Bonchev–Trinajstić information content (AvgIpc) is 2.83. The summed E-state index contributed by atoms with van der Waals surface area (Å²) < 4.78 is 34.2. The van der Waals surface area contributed by atoms with Crippen LogP contribution >= 0.6 is 23.2 Å². The molecule has 5 rings (SSSR count). The Bertz CT molecular complexity index is 1170. The number of piperidine rings is 1. The fourth-order valence-corrected chi connectivity index (χ4v) is 8.08. The van der Waals surface area contributed by atoms with Crippen molar-refractivity contribution in [2.75, 3.05) is 50.8 Å². The van der Waals surface area contributed by atoms with Crippen molar-refractivity contribution in [3.63, 3.8) is 0 Å². The standard InChI is InChI=1S/C26H33Cl2N3O3S/c1-26(2)18-31(35(32,33)24-15-20(27)14-21(28)16-24)17-19-13-23(3-4-25(19)26)29-7-5-22(6-8-29)30-9-11-34-12-10-30/h3-4,13-16,22H,5-12,17-18H2,1-2H3. The van der Waals surface area contributed by atoms with E-state index in [9.17, 15) is 8.42 Å². The molecule has 0 radical (unpaired) electrons. The van der Waals surface area contributed by atoms with Crippen molar-refractivity contribution in [1.29, 1.82) is 0 Å². The van der Waals surface area contributed by atoms with E-state index in [4.69, 9.17) is 27.9 Å². The predicted octanol–water partition coefficient (Wildman–Crippen LogP) is 4.78. The molecule has 3 aliphatic heterocycles. The van der Waals surface area contributed by atoms with E-state index in [1.54, 1.807) is 10.4 Å². The van der Waals surface area contributed by atoms with Gasteiger partial charge in [-0.25, -0.2) is 8.42 Å². The smallest absolute Gasteiger partial charge is 0.243 e. The molecule has 2 saturated heterocycles. The van der Waals surface area contributed by atoms with E-state index in [2.05, 4.69) is 41.8 Å². The molecule has 0 saturated carbocycles.